The van der Waals surface area contributed by atoms with Gasteiger partial charge in [0.15, 0.2) is 0 Å². The Hall–Kier alpha value is -2.48. The first kappa shape index (κ1) is 16.7. The van der Waals surface area contributed by atoms with Gasteiger partial charge in [0.25, 0.3) is 0 Å². The molecule has 1 aliphatic heterocycles. The normalized spacial score (nSPS) is 23.6. The van der Waals surface area contributed by atoms with E-state index in [1.165, 1.54) is 17.7 Å². The van der Waals surface area contributed by atoms with Crippen LogP contribution in [0.3, 0.4) is 0 Å². The highest BCUT2D eigenvalue weighted by Gasteiger charge is 2.40. The first-order chi connectivity index (χ1) is 12.9. The van der Waals surface area contributed by atoms with E-state index >= 15 is 0 Å². The minimum Gasteiger partial charge on any atom is -0.388 e. The molecule has 2 unspecified atom stereocenters. The van der Waals surface area contributed by atoms with Crippen LogP contribution in [0.2, 0.25) is 0 Å². The molecule has 2 aliphatic rings. The molecule has 0 bridgehead atoms. The molecular weight excluding hydrogens is 362 g/mol. The van der Waals surface area contributed by atoms with Gasteiger partial charge in [-0.25, -0.2) is 18.5 Å². The molecular formula is C20H19N3O3S. The van der Waals surface area contributed by atoms with Crippen LogP contribution in [0.25, 0.3) is 11.3 Å². The number of nitrogens with zero attached hydrogens (tertiary/aromatic N) is 2. The van der Waals surface area contributed by atoms with Crippen LogP contribution in [0.4, 0.5) is 0 Å². The van der Waals surface area contributed by atoms with Crippen LogP contribution in [0, 0.1) is 5.92 Å². The highest BCUT2D eigenvalue weighted by atomic mass is 32.2. The summed E-state index contributed by atoms with van der Waals surface area (Å²) < 4.78 is 25.6. The van der Waals surface area contributed by atoms with Crippen LogP contribution < -0.4 is 5.14 Å². The first-order valence-electron chi connectivity index (χ1n) is 8.90. The number of nitrogens with two attached hydrogens (primary N) is 1. The second-order valence-corrected chi connectivity index (χ2v) is 8.83. The molecule has 1 aromatic heterocycles. The summed E-state index contributed by atoms with van der Waals surface area (Å²) in [6.07, 6.45) is 4.47. The number of rotatable bonds is 2. The Bertz CT molecular complexity index is 1150. The zero-order valence-electron chi connectivity index (χ0n) is 14.5. The molecule has 2 aromatic carbocycles. The van der Waals surface area contributed by atoms with E-state index in [1.54, 1.807) is 6.07 Å². The Morgan fingerprint density at radius 3 is 2.78 bits per heavy atom. The third-order valence-electron chi connectivity index (χ3n) is 5.84. The van der Waals surface area contributed by atoms with Gasteiger partial charge in [0.2, 0.25) is 10.0 Å². The quantitative estimate of drug-likeness (QED) is 0.712. The summed E-state index contributed by atoms with van der Waals surface area (Å²) >= 11 is 0. The number of fused-ring (bicyclic) bond motifs is 4. The van der Waals surface area contributed by atoms with Gasteiger partial charge in [-0.1, -0.05) is 30.3 Å². The van der Waals surface area contributed by atoms with E-state index in [4.69, 9.17) is 5.14 Å². The molecule has 3 aromatic rings. The van der Waals surface area contributed by atoms with E-state index in [0.717, 1.165) is 29.7 Å². The summed E-state index contributed by atoms with van der Waals surface area (Å²) in [6.45, 7) is 0. The molecule has 0 amide bonds. The number of aromatic nitrogens is 2. The average Bonchev–Trinajstić information content (AvgIpc) is 3.23. The van der Waals surface area contributed by atoms with Crippen molar-refractivity contribution in [2.45, 2.75) is 29.9 Å². The maximum atomic E-state index is 11.7. The van der Waals surface area contributed by atoms with Crippen molar-refractivity contribution in [2.24, 2.45) is 11.1 Å². The summed E-state index contributed by atoms with van der Waals surface area (Å²) in [6, 6.07) is 13.0. The van der Waals surface area contributed by atoms with Gasteiger partial charge < -0.3 is 9.67 Å². The lowest BCUT2D eigenvalue weighted by molar-refractivity contribution is 0.0718. The first-order valence-corrected chi connectivity index (χ1v) is 10.4. The molecule has 138 valence electrons. The summed E-state index contributed by atoms with van der Waals surface area (Å²) in [4.78, 5) is 4.33. The number of imidazole rings is 1. The maximum Gasteiger partial charge on any atom is 0.238 e. The van der Waals surface area contributed by atoms with E-state index < -0.39 is 16.1 Å². The molecule has 0 saturated carbocycles. The monoisotopic (exact) mass is 381 g/mol. The fraction of sp³-hybridized carbons (Fsp3) is 0.250. The van der Waals surface area contributed by atoms with Crippen LogP contribution in [-0.4, -0.2) is 23.1 Å². The maximum absolute atomic E-state index is 11.7. The van der Waals surface area contributed by atoms with Crippen molar-refractivity contribution in [1.82, 2.24) is 9.55 Å². The van der Waals surface area contributed by atoms with E-state index in [9.17, 15) is 13.5 Å². The summed E-state index contributed by atoms with van der Waals surface area (Å²) in [7, 11) is -3.81. The van der Waals surface area contributed by atoms with Gasteiger partial charge in [0.05, 0.1) is 35.3 Å². The van der Waals surface area contributed by atoms with Gasteiger partial charge in [-0.3, -0.25) is 0 Å². The molecule has 27 heavy (non-hydrogen) atoms. The van der Waals surface area contributed by atoms with E-state index in [0.29, 0.717) is 5.56 Å². The minimum atomic E-state index is -3.81. The highest BCUT2D eigenvalue weighted by molar-refractivity contribution is 7.89. The van der Waals surface area contributed by atoms with Gasteiger partial charge in [-0.2, -0.15) is 0 Å². The number of hydrogen-bond acceptors (Lipinski definition) is 4. The molecule has 0 radical (unpaired) electrons. The number of aliphatic hydroxyl groups excluding tert-OH is 1. The average molecular weight is 381 g/mol. The predicted octanol–water partition coefficient (Wildman–Crippen LogP) is 2.40. The van der Waals surface area contributed by atoms with Gasteiger partial charge in [0, 0.05) is 11.5 Å². The van der Waals surface area contributed by atoms with Crippen molar-refractivity contribution >= 4 is 10.0 Å². The second kappa shape index (κ2) is 5.76. The minimum absolute atomic E-state index is 0.0278. The van der Waals surface area contributed by atoms with Crippen molar-refractivity contribution in [3.05, 3.63) is 71.7 Å². The molecule has 5 rings (SSSR count). The SMILES string of the molecule is NS(=O)(=O)c1ccc2c(c1)C(O)C([C@H]1c3ccccc3-c3cncn31)CC2. The fourth-order valence-electron chi connectivity index (χ4n) is 4.60. The Morgan fingerprint density at radius 1 is 1.15 bits per heavy atom. The third-order valence-corrected chi connectivity index (χ3v) is 6.75. The smallest absolute Gasteiger partial charge is 0.238 e. The van der Waals surface area contributed by atoms with Gasteiger partial charge in [-0.05, 0) is 41.7 Å². The Balaban J connectivity index is 1.61. The van der Waals surface area contributed by atoms with Crippen LogP contribution in [0.15, 0.2) is 59.9 Å². The largest absolute Gasteiger partial charge is 0.388 e. The van der Waals surface area contributed by atoms with Crippen molar-refractivity contribution < 1.29 is 13.5 Å². The molecule has 2 heterocycles. The molecule has 0 fully saturated rings. The van der Waals surface area contributed by atoms with Crippen molar-refractivity contribution in [3.63, 3.8) is 0 Å². The van der Waals surface area contributed by atoms with Crippen molar-refractivity contribution in [3.8, 4) is 11.3 Å². The number of hydrogen-bond donors (Lipinski definition) is 2. The molecule has 3 N–H and O–H groups in total. The van der Waals surface area contributed by atoms with Gasteiger partial charge in [-0.15, -0.1) is 0 Å². The molecule has 3 atom stereocenters. The van der Waals surface area contributed by atoms with Crippen LogP contribution >= 0.6 is 0 Å². The zero-order chi connectivity index (χ0) is 18.8. The van der Waals surface area contributed by atoms with Crippen LogP contribution in [-0.2, 0) is 16.4 Å². The van der Waals surface area contributed by atoms with E-state index in [-0.39, 0.29) is 16.9 Å². The van der Waals surface area contributed by atoms with E-state index in [1.807, 2.05) is 24.7 Å². The highest BCUT2D eigenvalue weighted by Crippen LogP contribution is 2.49. The molecule has 6 nitrogen and oxygen atoms in total. The lowest BCUT2D eigenvalue weighted by atomic mass is 9.76. The molecule has 0 spiro atoms. The molecule has 0 saturated heterocycles. The van der Waals surface area contributed by atoms with Crippen molar-refractivity contribution in [1.29, 1.82) is 0 Å². The topological polar surface area (TPSA) is 98.2 Å². The fourth-order valence-corrected chi connectivity index (χ4v) is 5.15. The lowest BCUT2D eigenvalue weighted by Gasteiger charge is -2.35. The summed E-state index contributed by atoms with van der Waals surface area (Å²) in [5.74, 6) is -0.0789. The summed E-state index contributed by atoms with van der Waals surface area (Å²) in [5, 5.41) is 16.5. The van der Waals surface area contributed by atoms with Crippen LogP contribution in [0.1, 0.15) is 35.3 Å². The van der Waals surface area contributed by atoms with Crippen LogP contribution in [0.5, 0.6) is 0 Å². The number of sulfonamides is 1. The molecule has 1 aliphatic carbocycles. The number of aryl methyl sites for hydroxylation is 1. The van der Waals surface area contributed by atoms with Gasteiger partial charge in [0.1, 0.15) is 0 Å². The predicted molar refractivity (Wildman–Crippen MR) is 100 cm³/mol. The second-order valence-electron chi connectivity index (χ2n) is 7.27. The standard InChI is InChI=1S/C20H19N3O3S/c21-27(25,26)13-7-5-12-6-8-16(20(24)17(12)9-13)19-15-4-2-1-3-14(15)18-10-22-11-23(18)19/h1-5,7,9-11,16,19-20,24H,6,8H2,(H2,21,25,26)/t16?,19-,20?/m1/s1. The van der Waals surface area contributed by atoms with Gasteiger partial charge >= 0.3 is 0 Å². The third kappa shape index (κ3) is 2.46. The molecule has 7 heteroatoms. The Morgan fingerprint density at radius 2 is 1.96 bits per heavy atom. The summed E-state index contributed by atoms with van der Waals surface area (Å²) in [5.41, 5.74) is 4.99. The zero-order valence-corrected chi connectivity index (χ0v) is 15.3. The van der Waals surface area contributed by atoms with Crippen molar-refractivity contribution in [2.75, 3.05) is 0 Å². The number of aliphatic hydroxyl groups is 1. The number of benzene rings is 2. The lowest BCUT2D eigenvalue weighted by Crippen LogP contribution is -2.29. The van der Waals surface area contributed by atoms with E-state index in [2.05, 4.69) is 21.7 Å². The number of primary sulfonamides is 1. The Labute approximate surface area is 157 Å². The Kier molecular flexibility index (Phi) is 3.56.